The van der Waals surface area contributed by atoms with E-state index in [4.69, 9.17) is 9.84 Å². The van der Waals surface area contributed by atoms with Gasteiger partial charge in [0.25, 0.3) is 0 Å². The van der Waals surface area contributed by atoms with Crippen LogP contribution in [0.4, 0.5) is 5.69 Å². The van der Waals surface area contributed by atoms with Gasteiger partial charge in [-0.25, -0.2) is 0 Å². The molecule has 0 bridgehead atoms. The molecule has 0 aliphatic carbocycles. The van der Waals surface area contributed by atoms with E-state index in [0.29, 0.717) is 0 Å². The van der Waals surface area contributed by atoms with Gasteiger partial charge >= 0.3 is 0 Å². The number of benzene rings is 3. The maximum atomic E-state index is 5.31. The van der Waals surface area contributed by atoms with Gasteiger partial charge in [0.05, 0.1) is 24.6 Å². The standard InChI is InChI=1S/C24H24N2O/c1-3-18-9-11-19(12-10-18)23-17-24(20-13-15-22(27-2)16-14-20)26(25-23)21-7-5-4-6-8-21/h4-16,24H,3,17H2,1-2H3. The summed E-state index contributed by atoms with van der Waals surface area (Å²) in [6, 6.07) is 27.7. The van der Waals surface area contributed by atoms with Gasteiger partial charge in [0.2, 0.25) is 0 Å². The molecule has 0 radical (unpaired) electrons. The SMILES string of the molecule is CCc1ccc(C2=NN(c3ccccc3)C(c3ccc(OC)cc3)C2)cc1. The molecule has 4 rings (SSSR count). The molecule has 0 spiro atoms. The van der Waals surface area contributed by atoms with Crippen molar-refractivity contribution in [2.75, 3.05) is 12.1 Å². The minimum atomic E-state index is 0.180. The number of anilines is 1. The highest BCUT2D eigenvalue weighted by Gasteiger charge is 2.29. The van der Waals surface area contributed by atoms with E-state index in [2.05, 4.69) is 72.6 Å². The average molecular weight is 356 g/mol. The van der Waals surface area contributed by atoms with Crippen LogP contribution in [0.3, 0.4) is 0 Å². The summed E-state index contributed by atoms with van der Waals surface area (Å²) in [5.41, 5.74) is 6.03. The molecule has 0 saturated carbocycles. The Kier molecular flexibility index (Phi) is 4.93. The highest BCUT2D eigenvalue weighted by Crippen LogP contribution is 2.37. The molecule has 136 valence electrons. The maximum absolute atomic E-state index is 5.31. The summed E-state index contributed by atoms with van der Waals surface area (Å²) in [5.74, 6) is 0.874. The Morgan fingerprint density at radius 3 is 2.26 bits per heavy atom. The Labute approximate surface area is 160 Å². The first-order chi connectivity index (χ1) is 13.3. The summed E-state index contributed by atoms with van der Waals surface area (Å²) in [4.78, 5) is 0. The van der Waals surface area contributed by atoms with E-state index in [1.807, 2.05) is 18.2 Å². The molecule has 3 nitrogen and oxygen atoms in total. The number of para-hydroxylation sites is 1. The molecule has 1 atom stereocenters. The summed E-state index contributed by atoms with van der Waals surface area (Å²) >= 11 is 0. The maximum Gasteiger partial charge on any atom is 0.118 e. The van der Waals surface area contributed by atoms with Crippen molar-refractivity contribution in [3.63, 3.8) is 0 Å². The molecule has 1 aliphatic heterocycles. The first-order valence-corrected chi connectivity index (χ1v) is 9.43. The van der Waals surface area contributed by atoms with Crippen LogP contribution in [0.2, 0.25) is 0 Å². The van der Waals surface area contributed by atoms with Gasteiger partial charge in [-0.05, 0) is 47.4 Å². The number of hydrogen-bond acceptors (Lipinski definition) is 3. The highest BCUT2D eigenvalue weighted by molar-refractivity contribution is 6.03. The van der Waals surface area contributed by atoms with Crippen molar-refractivity contribution in [3.8, 4) is 5.75 Å². The fraction of sp³-hybridized carbons (Fsp3) is 0.208. The van der Waals surface area contributed by atoms with Crippen LogP contribution >= 0.6 is 0 Å². The number of hydrogen-bond donors (Lipinski definition) is 0. The molecule has 0 amide bonds. The lowest BCUT2D eigenvalue weighted by molar-refractivity contribution is 0.414. The number of hydrazone groups is 1. The lowest BCUT2D eigenvalue weighted by Gasteiger charge is -2.24. The second kappa shape index (κ2) is 7.67. The lowest BCUT2D eigenvalue weighted by Crippen LogP contribution is -2.18. The Hall–Kier alpha value is -3.07. The van der Waals surface area contributed by atoms with Crippen LogP contribution in [0.5, 0.6) is 5.75 Å². The largest absolute Gasteiger partial charge is 0.497 e. The molecule has 1 aliphatic rings. The molecule has 1 heterocycles. The Bertz CT molecular complexity index is 915. The van der Waals surface area contributed by atoms with Gasteiger partial charge in [-0.3, -0.25) is 5.01 Å². The number of nitrogens with zero attached hydrogens (tertiary/aromatic N) is 2. The smallest absolute Gasteiger partial charge is 0.118 e. The van der Waals surface area contributed by atoms with Gasteiger partial charge < -0.3 is 4.74 Å². The third-order valence-electron chi connectivity index (χ3n) is 5.13. The van der Waals surface area contributed by atoms with Gasteiger partial charge in [0.1, 0.15) is 5.75 Å². The fourth-order valence-electron chi connectivity index (χ4n) is 3.52. The monoisotopic (exact) mass is 356 g/mol. The molecule has 1 unspecified atom stereocenters. The van der Waals surface area contributed by atoms with E-state index >= 15 is 0 Å². The van der Waals surface area contributed by atoms with Crippen LogP contribution in [-0.4, -0.2) is 12.8 Å². The van der Waals surface area contributed by atoms with Crippen LogP contribution in [0.1, 0.15) is 36.1 Å². The molecule has 0 fully saturated rings. The molecule has 27 heavy (non-hydrogen) atoms. The quantitative estimate of drug-likeness (QED) is 0.593. The summed E-state index contributed by atoms with van der Waals surface area (Å²) in [7, 11) is 1.70. The molecular weight excluding hydrogens is 332 g/mol. The van der Waals surface area contributed by atoms with Crippen LogP contribution < -0.4 is 9.75 Å². The van der Waals surface area contributed by atoms with Crippen molar-refractivity contribution in [2.24, 2.45) is 5.10 Å². The topological polar surface area (TPSA) is 24.8 Å². The minimum absolute atomic E-state index is 0.180. The van der Waals surface area contributed by atoms with Crippen LogP contribution in [-0.2, 0) is 6.42 Å². The molecule has 0 aromatic heterocycles. The average Bonchev–Trinajstić information content (AvgIpc) is 3.20. The molecule has 0 N–H and O–H groups in total. The summed E-state index contributed by atoms with van der Waals surface area (Å²) in [5, 5.41) is 7.15. The van der Waals surface area contributed by atoms with E-state index in [1.165, 1.54) is 16.7 Å². The Morgan fingerprint density at radius 1 is 0.926 bits per heavy atom. The Morgan fingerprint density at radius 2 is 1.63 bits per heavy atom. The number of methoxy groups -OCH3 is 1. The second-order valence-electron chi connectivity index (χ2n) is 6.77. The first-order valence-electron chi connectivity index (χ1n) is 9.43. The van der Waals surface area contributed by atoms with E-state index in [1.54, 1.807) is 7.11 Å². The molecule has 0 saturated heterocycles. The normalized spacial score (nSPS) is 16.3. The summed E-state index contributed by atoms with van der Waals surface area (Å²) < 4.78 is 5.31. The van der Waals surface area contributed by atoms with Crippen molar-refractivity contribution >= 4 is 11.4 Å². The fourth-order valence-corrected chi connectivity index (χ4v) is 3.52. The first kappa shape index (κ1) is 17.3. The number of ether oxygens (including phenoxy) is 1. The minimum Gasteiger partial charge on any atom is -0.497 e. The summed E-state index contributed by atoms with van der Waals surface area (Å²) in [6.07, 6.45) is 1.93. The van der Waals surface area contributed by atoms with E-state index in [-0.39, 0.29) is 6.04 Å². The van der Waals surface area contributed by atoms with Gasteiger partial charge in [-0.1, -0.05) is 61.5 Å². The Balaban J connectivity index is 1.69. The van der Waals surface area contributed by atoms with Gasteiger partial charge in [-0.15, -0.1) is 0 Å². The van der Waals surface area contributed by atoms with Crippen molar-refractivity contribution in [2.45, 2.75) is 25.8 Å². The van der Waals surface area contributed by atoms with Crippen molar-refractivity contribution in [1.29, 1.82) is 0 Å². The van der Waals surface area contributed by atoms with Gasteiger partial charge in [-0.2, -0.15) is 5.10 Å². The predicted molar refractivity (Wildman–Crippen MR) is 112 cm³/mol. The highest BCUT2D eigenvalue weighted by atomic mass is 16.5. The van der Waals surface area contributed by atoms with Crippen molar-refractivity contribution in [1.82, 2.24) is 0 Å². The van der Waals surface area contributed by atoms with E-state index in [0.717, 1.165) is 30.0 Å². The van der Waals surface area contributed by atoms with E-state index < -0.39 is 0 Å². The van der Waals surface area contributed by atoms with Gasteiger partial charge in [0, 0.05) is 6.42 Å². The molecule has 3 aromatic rings. The van der Waals surface area contributed by atoms with Crippen LogP contribution in [0.15, 0.2) is 84.0 Å². The van der Waals surface area contributed by atoms with Crippen LogP contribution in [0, 0.1) is 0 Å². The second-order valence-corrected chi connectivity index (χ2v) is 6.77. The predicted octanol–water partition coefficient (Wildman–Crippen LogP) is 5.61. The molecule has 3 aromatic carbocycles. The van der Waals surface area contributed by atoms with E-state index in [9.17, 15) is 0 Å². The van der Waals surface area contributed by atoms with Crippen molar-refractivity contribution in [3.05, 3.63) is 95.6 Å². The molecular formula is C24H24N2O. The van der Waals surface area contributed by atoms with Gasteiger partial charge in [0.15, 0.2) is 0 Å². The zero-order chi connectivity index (χ0) is 18.6. The summed E-state index contributed by atoms with van der Waals surface area (Å²) in [6.45, 7) is 2.18. The third kappa shape index (κ3) is 3.59. The van der Waals surface area contributed by atoms with Crippen LogP contribution in [0.25, 0.3) is 0 Å². The zero-order valence-corrected chi connectivity index (χ0v) is 15.8. The third-order valence-corrected chi connectivity index (χ3v) is 5.13. The number of rotatable bonds is 5. The number of aryl methyl sites for hydroxylation is 1. The van der Waals surface area contributed by atoms with Crippen molar-refractivity contribution < 1.29 is 4.74 Å². The lowest BCUT2D eigenvalue weighted by atomic mass is 9.97. The molecule has 3 heteroatoms. The zero-order valence-electron chi connectivity index (χ0n) is 15.8.